The van der Waals surface area contributed by atoms with E-state index in [2.05, 4.69) is 30.0 Å². The number of fused-ring (bicyclic) bond motifs is 1. The summed E-state index contributed by atoms with van der Waals surface area (Å²) in [5.41, 5.74) is 1.46. The summed E-state index contributed by atoms with van der Waals surface area (Å²) in [4.78, 5) is 18.7. The lowest BCUT2D eigenvalue weighted by Gasteiger charge is -2.20. The lowest BCUT2D eigenvalue weighted by Crippen LogP contribution is -2.28. The highest BCUT2D eigenvalue weighted by Gasteiger charge is 2.20. The number of hydrogen-bond acceptors (Lipinski definition) is 7. The van der Waals surface area contributed by atoms with Gasteiger partial charge in [0.05, 0.1) is 13.2 Å². The number of pyridine rings is 1. The third-order valence-electron chi connectivity index (χ3n) is 5.23. The van der Waals surface area contributed by atoms with E-state index in [-0.39, 0.29) is 11.7 Å². The number of carbonyl (C=O) groups excluding carboxylic acids is 1. The quantitative estimate of drug-likeness (QED) is 0.598. The van der Waals surface area contributed by atoms with E-state index >= 15 is 0 Å². The first kappa shape index (κ1) is 20.8. The second-order valence-electron chi connectivity index (χ2n) is 7.34. The van der Waals surface area contributed by atoms with Gasteiger partial charge in [-0.1, -0.05) is 12.1 Å². The Labute approximate surface area is 180 Å². The van der Waals surface area contributed by atoms with Crippen molar-refractivity contribution < 1.29 is 14.6 Å². The smallest absolute Gasteiger partial charge is 0.270 e. The van der Waals surface area contributed by atoms with Crippen molar-refractivity contribution >= 4 is 5.91 Å². The molecule has 2 N–H and O–H groups in total. The molecule has 0 radical (unpaired) electrons. The molecule has 1 amide bonds. The molecule has 31 heavy (non-hydrogen) atoms. The first-order valence-electron chi connectivity index (χ1n) is 10.4. The number of hydrogen-bond donors (Lipinski definition) is 2. The van der Waals surface area contributed by atoms with E-state index in [1.54, 1.807) is 30.5 Å². The van der Waals surface area contributed by atoms with Crippen LogP contribution < -0.4 is 10.1 Å². The Morgan fingerprint density at radius 3 is 2.90 bits per heavy atom. The average molecular weight is 422 g/mol. The van der Waals surface area contributed by atoms with Crippen LogP contribution in [0.1, 0.15) is 34.6 Å². The highest BCUT2D eigenvalue weighted by atomic mass is 16.5. The zero-order valence-corrected chi connectivity index (χ0v) is 17.5. The maximum Gasteiger partial charge on any atom is 0.270 e. The van der Waals surface area contributed by atoms with Gasteiger partial charge in [-0.3, -0.25) is 14.7 Å². The summed E-state index contributed by atoms with van der Waals surface area (Å²) in [5, 5.41) is 21.4. The molecular formula is C22H26N6O3. The maximum atomic E-state index is 12.3. The van der Waals surface area contributed by atoms with E-state index in [9.17, 15) is 9.90 Å². The number of ether oxygens (including phenoxy) is 1. The summed E-state index contributed by atoms with van der Waals surface area (Å²) in [6.07, 6.45) is 2.37. The number of nitrogens with one attached hydrogen (secondary N) is 1. The fourth-order valence-electron chi connectivity index (χ4n) is 3.65. The molecule has 162 valence electrons. The molecule has 3 aromatic rings. The monoisotopic (exact) mass is 422 g/mol. The predicted octanol–water partition coefficient (Wildman–Crippen LogP) is 1.77. The summed E-state index contributed by atoms with van der Waals surface area (Å²) < 4.78 is 7.58. The van der Waals surface area contributed by atoms with Gasteiger partial charge >= 0.3 is 0 Å². The lowest BCUT2D eigenvalue weighted by atomic mass is 10.2. The standard InChI is InChI=1S/C22H26N6O3/c1-2-31-19-13-16(6-7-18(19)29)15-27-10-8-20-25-26-21(28(20)12-11-27)14-24-22(30)17-5-3-4-9-23-17/h3-7,9,13,29H,2,8,10-12,14-15H2,1H3,(H,24,30). The van der Waals surface area contributed by atoms with Crippen molar-refractivity contribution in [2.24, 2.45) is 0 Å². The van der Waals surface area contributed by atoms with Crippen molar-refractivity contribution in [1.82, 2.24) is 30.0 Å². The van der Waals surface area contributed by atoms with Gasteiger partial charge in [-0.2, -0.15) is 0 Å². The number of rotatable bonds is 7. The third-order valence-corrected chi connectivity index (χ3v) is 5.23. The molecule has 0 spiro atoms. The minimum Gasteiger partial charge on any atom is -0.504 e. The summed E-state index contributed by atoms with van der Waals surface area (Å²) in [6.45, 7) is 5.89. The molecule has 9 heteroatoms. The Morgan fingerprint density at radius 1 is 1.19 bits per heavy atom. The van der Waals surface area contributed by atoms with E-state index in [1.807, 2.05) is 19.1 Å². The molecule has 1 aliphatic heterocycles. The number of aromatic hydroxyl groups is 1. The normalized spacial score (nSPS) is 14.0. The highest BCUT2D eigenvalue weighted by Crippen LogP contribution is 2.27. The van der Waals surface area contributed by atoms with E-state index in [4.69, 9.17) is 4.74 Å². The predicted molar refractivity (Wildman–Crippen MR) is 114 cm³/mol. The number of phenolic OH excluding ortho intramolecular Hbond substituents is 1. The molecule has 0 saturated heterocycles. The molecule has 0 aliphatic carbocycles. The summed E-state index contributed by atoms with van der Waals surface area (Å²) in [6, 6.07) is 10.7. The van der Waals surface area contributed by atoms with Crippen LogP contribution in [0.15, 0.2) is 42.6 Å². The zero-order chi connectivity index (χ0) is 21.6. The second kappa shape index (κ2) is 9.57. The van der Waals surface area contributed by atoms with E-state index < -0.39 is 0 Å². The Kier molecular flexibility index (Phi) is 6.42. The van der Waals surface area contributed by atoms with Crippen LogP contribution in [-0.4, -0.2) is 55.4 Å². The van der Waals surface area contributed by atoms with Crippen molar-refractivity contribution in [3.63, 3.8) is 0 Å². The van der Waals surface area contributed by atoms with Gasteiger partial charge in [0.2, 0.25) is 0 Å². The van der Waals surface area contributed by atoms with Gasteiger partial charge in [0.15, 0.2) is 17.3 Å². The third kappa shape index (κ3) is 5.00. The topological polar surface area (TPSA) is 105 Å². The molecule has 0 saturated carbocycles. The fourth-order valence-corrected chi connectivity index (χ4v) is 3.65. The van der Waals surface area contributed by atoms with E-state index in [0.717, 1.165) is 49.8 Å². The summed E-state index contributed by atoms with van der Waals surface area (Å²) in [5.74, 6) is 2.10. The first-order chi connectivity index (χ1) is 15.1. The molecule has 1 aromatic carbocycles. The molecule has 3 heterocycles. The van der Waals surface area contributed by atoms with Crippen LogP contribution in [0.5, 0.6) is 11.5 Å². The van der Waals surface area contributed by atoms with Crippen molar-refractivity contribution in [1.29, 1.82) is 0 Å². The number of nitrogens with zero attached hydrogens (tertiary/aromatic N) is 5. The Morgan fingerprint density at radius 2 is 2.10 bits per heavy atom. The molecule has 9 nitrogen and oxygen atoms in total. The number of phenols is 1. The van der Waals surface area contributed by atoms with Crippen LogP contribution in [-0.2, 0) is 26.1 Å². The maximum absolute atomic E-state index is 12.3. The molecule has 1 aliphatic rings. The largest absolute Gasteiger partial charge is 0.504 e. The van der Waals surface area contributed by atoms with Gasteiger partial charge in [0.1, 0.15) is 11.5 Å². The van der Waals surface area contributed by atoms with Gasteiger partial charge < -0.3 is 19.7 Å². The molecule has 0 unspecified atom stereocenters. The van der Waals surface area contributed by atoms with Gasteiger partial charge in [0, 0.05) is 38.8 Å². The molecule has 0 atom stereocenters. The van der Waals surface area contributed by atoms with Gasteiger partial charge in [-0.15, -0.1) is 10.2 Å². The number of carbonyl (C=O) groups is 1. The highest BCUT2D eigenvalue weighted by molar-refractivity contribution is 5.92. The van der Waals surface area contributed by atoms with Gasteiger partial charge in [-0.25, -0.2) is 0 Å². The fraction of sp³-hybridized carbons (Fsp3) is 0.364. The second-order valence-corrected chi connectivity index (χ2v) is 7.34. The lowest BCUT2D eigenvalue weighted by molar-refractivity contribution is 0.0944. The molecule has 0 bridgehead atoms. The SMILES string of the molecule is CCOc1cc(CN2CCc3nnc(CNC(=O)c4ccccn4)n3CC2)ccc1O. The zero-order valence-electron chi connectivity index (χ0n) is 17.5. The van der Waals surface area contributed by atoms with Crippen molar-refractivity contribution in [3.8, 4) is 11.5 Å². The Balaban J connectivity index is 1.37. The summed E-state index contributed by atoms with van der Waals surface area (Å²) in [7, 11) is 0. The Bertz CT molecular complexity index is 1040. The van der Waals surface area contributed by atoms with Crippen LogP contribution in [0.2, 0.25) is 0 Å². The van der Waals surface area contributed by atoms with Crippen LogP contribution in [0.25, 0.3) is 0 Å². The molecule has 0 fully saturated rings. The first-order valence-corrected chi connectivity index (χ1v) is 10.4. The number of aromatic nitrogens is 4. The number of amides is 1. The van der Waals surface area contributed by atoms with Crippen LogP contribution >= 0.6 is 0 Å². The van der Waals surface area contributed by atoms with E-state index in [0.29, 0.717) is 24.6 Å². The number of benzene rings is 1. The van der Waals surface area contributed by atoms with Crippen molar-refractivity contribution in [2.45, 2.75) is 33.0 Å². The van der Waals surface area contributed by atoms with Crippen LogP contribution in [0.3, 0.4) is 0 Å². The van der Waals surface area contributed by atoms with Crippen molar-refractivity contribution in [3.05, 3.63) is 65.5 Å². The van der Waals surface area contributed by atoms with Gasteiger partial charge in [-0.05, 0) is 36.8 Å². The summed E-state index contributed by atoms with van der Waals surface area (Å²) >= 11 is 0. The molecule has 4 rings (SSSR count). The van der Waals surface area contributed by atoms with Gasteiger partial charge in [0.25, 0.3) is 5.91 Å². The Hall–Kier alpha value is -3.46. The van der Waals surface area contributed by atoms with Crippen molar-refractivity contribution in [2.75, 3.05) is 19.7 Å². The minimum absolute atomic E-state index is 0.157. The average Bonchev–Trinajstić information content (AvgIpc) is 3.07. The minimum atomic E-state index is -0.231. The van der Waals surface area contributed by atoms with Crippen LogP contribution in [0.4, 0.5) is 0 Å². The van der Waals surface area contributed by atoms with Crippen LogP contribution in [0, 0.1) is 0 Å². The van der Waals surface area contributed by atoms with E-state index in [1.165, 1.54) is 0 Å². The molecule has 2 aromatic heterocycles. The molecular weight excluding hydrogens is 396 g/mol.